The standard InChI is InChI=1S/C15H21F3N2O/c1-5-20(4)14(21)11(3)19-10(2)12-7-6-8-13(9-12)15(16,17)18/h6-11,19H,5H2,1-4H3. The van der Waals surface area contributed by atoms with Gasteiger partial charge in [-0.2, -0.15) is 13.2 Å². The summed E-state index contributed by atoms with van der Waals surface area (Å²) in [5, 5.41) is 3.03. The number of amides is 1. The van der Waals surface area contributed by atoms with Gasteiger partial charge in [0.15, 0.2) is 0 Å². The lowest BCUT2D eigenvalue weighted by atomic mass is 10.0. The Labute approximate surface area is 123 Å². The van der Waals surface area contributed by atoms with Crippen LogP contribution in [0.2, 0.25) is 0 Å². The minimum absolute atomic E-state index is 0.0867. The van der Waals surface area contributed by atoms with Gasteiger partial charge < -0.3 is 4.90 Å². The van der Waals surface area contributed by atoms with Gasteiger partial charge in [0.2, 0.25) is 5.91 Å². The summed E-state index contributed by atoms with van der Waals surface area (Å²) in [5.74, 6) is -0.0867. The molecule has 2 unspecified atom stereocenters. The van der Waals surface area contributed by atoms with Crippen molar-refractivity contribution in [2.75, 3.05) is 13.6 Å². The number of rotatable bonds is 5. The van der Waals surface area contributed by atoms with E-state index in [-0.39, 0.29) is 11.9 Å². The third-order valence-corrected chi connectivity index (χ3v) is 3.43. The first-order valence-corrected chi connectivity index (χ1v) is 6.85. The van der Waals surface area contributed by atoms with Crippen LogP contribution in [0, 0.1) is 0 Å². The summed E-state index contributed by atoms with van der Waals surface area (Å²) in [7, 11) is 1.69. The van der Waals surface area contributed by atoms with Crippen molar-refractivity contribution < 1.29 is 18.0 Å². The summed E-state index contributed by atoms with van der Waals surface area (Å²) in [4.78, 5) is 13.5. The Morgan fingerprint density at radius 1 is 1.33 bits per heavy atom. The smallest absolute Gasteiger partial charge is 0.345 e. The van der Waals surface area contributed by atoms with Crippen LogP contribution in [-0.4, -0.2) is 30.4 Å². The Morgan fingerprint density at radius 2 is 1.95 bits per heavy atom. The van der Waals surface area contributed by atoms with Crippen LogP contribution in [0.4, 0.5) is 13.2 Å². The molecule has 21 heavy (non-hydrogen) atoms. The first-order valence-electron chi connectivity index (χ1n) is 6.85. The van der Waals surface area contributed by atoms with Gasteiger partial charge in [-0.15, -0.1) is 0 Å². The number of nitrogens with zero attached hydrogens (tertiary/aromatic N) is 1. The van der Waals surface area contributed by atoms with Gasteiger partial charge in [0, 0.05) is 19.6 Å². The molecule has 1 amide bonds. The zero-order chi connectivity index (χ0) is 16.2. The van der Waals surface area contributed by atoms with Crippen molar-refractivity contribution in [1.29, 1.82) is 0 Å². The van der Waals surface area contributed by atoms with Crippen LogP contribution in [-0.2, 0) is 11.0 Å². The van der Waals surface area contributed by atoms with E-state index in [1.54, 1.807) is 31.9 Å². The maximum atomic E-state index is 12.7. The second-order valence-corrected chi connectivity index (χ2v) is 5.09. The van der Waals surface area contributed by atoms with Gasteiger partial charge >= 0.3 is 6.18 Å². The van der Waals surface area contributed by atoms with Crippen molar-refractivity contribution in [3.8, 4) is 0 Å². The topological polar surface area (TPSA) is 32.3 Å². The summed E-state index contributed by atoms with van der Waals surface area (Å²) in [6.07, 6.45) is -4.36. The number of hydrogen-bond acceptors (Lipinski definition) is 2. The molecule has 0 heterocycles. The van der Waals surface area contributed by atoms with Crippen LogP contribution < -0.4 is 5.32 Å². The quantitative estimate of drug-likeness (QED) is 0.905. The van der Waals surface area contributed by atoms with Crippen molar-refractivity contribution in [3.63, 3.8) is 0 Å². The van der Waals surface area contributed by atoms with Gasteiger partial charge in [-0.25, -0.2) is 0 Å². The van der Waals surface area contributed by atoms with Gasteiger partial charge in [0.1, 0.15) is 0 Å². The van der Waals surface area contributed by atoms with Crippen LogP contribution in [0.3, 0.4) is 0 Å². The fraction of sp³-hybridized carbons (Fsp3) is 0.533. The molecule has 0 spiro atoms. The van der Waals surface area contributed by atoms with E-state index in [4.69, 9.17) is 0 Å². The van der Waals surface area contributed by atoms with Crippen molar-refractivity contribution in [3.05, 3.63) is 35.4 Å². The molecule has 0 aliphatic heterocycles. The number of carbonyl (C=O) groups is 1. The van der Waals surface area contributed by atoms with Crippen molar-refractivity contribution >= 4 is 5.91 Å². The first-order chi connectivity index (χ1) is 9.66. The van der Waals surface area contributed by atoms with Crippen LogP contribution >= 0.6 is 0 Å². The average Bonchev–Trinajstić information content (AvgIpc) is 2.44. The summed E-state index contributed by atoms with van der Waals surface area (Å²) < 4.78 is 38.1. The molecular weight excluding hydrogens is 281 g/mol. The first kappa shape index (κ1) is 17.5. The van der Waals surface area contributed by atoms with E-state index >= 15 is 0 Å². The summed E-state index contributed by atoms with van der Waals surface area (Å²) in [6.45, 7) is 5.90. The summed E-state index contributed by atoms with van der Waals surface area (Å²) in [6, 6.07) is 4.33. The molecule has 1 N–H and O–H groups in total. The minimum Gasteiger partial charge on any atom is -0.345 e. The van der Waals surface area contributed by atoms with Crippen molar-refractivity contribution in [2.45, 2.75) is 39.0 Å². The second-order valence-electron chi connectivity index (χ2n) is 5.09. The largest absolute Gasteiger partial charge is 0.416 e. The van der Waals surface area contributed by atoms with E-state index < -0.39 is 17.8 Å². The molecule has 0 saturated heterocycles. The highest BCUT2D eigenvalue weighted by Crippen LogP contribution is 2.30. The van der Waals surface area contributed by atoms with Gasteiger partial charge in [-0.3, -0.25) is 10.1 Å². The fourth-order valence-corrected chi connectivity index (χ4v) is 2.01. The Hall–Kier alpha value is -1.56. The molecule has 118 valence electrons. The molecule has 0 fully saturated rings. The molecule has 1 aromatic carbocycles. The molecule has 1 rings (SSSR count). The number of nitrogens with one attached hydrogen (secondary N) is 1. The van der Waals surface area contributed by atoms with Crippen molar-refractivity contribution in [2.24, 2.45) is 0 Å². The Bertz CT molecular complexity index is 488. The SMILES string of the molecule is CCN(C)C(=O)C(C)NC(C)c1cccc(C(F)(F)F)c1. The number of hydrogen-bond donors (Lipinski definition) is 1. The number of carbonyl (C=O) groups excluding carboxylic acids is 1. The predicted molar refractivity (Wildman–Crippen MR) is 75.8 cm³/mol. The Morgan fingerprint density at radius 3 is 2.48 bits per heavy atom. The minimum atomic E-state index is -4.36. The van der Waals surface area contributed by atoms with Crippen molar-refractivity contribution in [1.82, 2.24) is 10.2 Å². The molecule has 0 saturated carbocycles. The lowest BCUT2D eigenvalue weighted by Crippen LogP contribution is -2.43. The second kappa shape index (κ2) is 6.93. The van der Waals surface area contributed by atoms with E-state index in [2.05, 4.69) is 5.32 Å². The molecular formula is C15H21F3N2O. The molecule has 0 bridgehead atoms. The average molecular weight is 302 g/mol. The highest BCUT2D eigenvalue weighted by atomic mass is 19.4. The van der Waals surface area contributed by atoms with E-state index in [0.717, 1.165) is 12.1 Å². The fourth-order valence-electron chi connectivity index (χ4n) is 2.01. The van der Waals surface area contributed by atoms with Gasteiger partial charge in [-0.1, -0.05) is 12.1 Å². The lowest BCUT2D eigenvalue weighted by molar-refractivity contribution is -0.137. The van der Waals surface area contributed by atoms with Gasteiger partial charge in [0.25, 0.3) is 0 Å². The summed E-state index contributed by atoms with van der Waals surface area (Å²) in [5.41, 5.74) is -0.179. The maximum Gasteiger partial charge on any atom is 0.416 e. The number of likely N-dealkylation sites (N-methyl/N-ethyl adjacent to an activating group) is 1. The van der Waals surface area contributed by atoms with Crippen LogP contribution in [0.5, 0.6) is 0 Å². The zero-order valence-corrected chi connectivity index (χ0v) is 12.7. The molecule has 6 heteroatoms. The monoisotopic (exact) mass is 302 g/mol. The lowest BCUT2D eigenvalue weighted by Gasteiger charge is -2.24. The maximum absolute atomic E-state index is 12.7. The normalized spacial score (nSPS) is 14.6. The number of benzene rings is 1. The van der Waals surface area contributed by atoms with Crippen LogP contribution in [0.1, 0.15) is 37.9 Å². The van der Waals surface area contributed by atoms with E-state index in [0.29, 0.717) is 12.1 Å². The molecule has 3 nitrogen and oxygen atoms in total. The molecule has 0 aromatic heterocycles. The third kappa shape index (κ3) is 4.74. The summed E-state index contributed by atoms with van der Waals surface area (Å²) >= 11 is 0. The molecule has 0 radical (unpaired) electrons. The predicted octanol–water partition coefficient (Wildman–Crippen LogP) is 3.22. The molecule has 1 aromatic rings. The third-order valence-electron chi connectivity index (χ3n) is 3.43. The van der Waals surface area contributed by atoms with E-state index in [9.17, 15) is 18.0 Å². The Kier molecular flexibility index (Phi) is 5.78. The van der Waals surface area contributed by atoms with E-state index in [1.807, 2.05) is 6.92 Å². The number of alkyl halides is 3. The highest BCUT2D eigenvalue weighted by Gasteiger charge is 2.31. The van der Waals surface area contributed by atoms with Gasteiger partial charge in [0.05, 0.1) is 11.6 Å². The van der Waals surface area contributed by atoms with Gasteiger partial charge in [-0.05, 0) is 38.5 Å². The highest BCUT2D eigenvalue weighted by molar-refractivity contribution is 5.81. The Balaban J connectivity index is 2.80. The molecule has 0 aliphatic rings. The van der Waals surface area contributed by atoms with Crippen LogP contribution in [0.15, 0.2) is 24.3 Å². The molecule has 0 aliphatic carbocycles. The molecule has 2 atom stereocenters. The van der Waals surface area contributed by atoms with Crippen LogP contribution in [0.25, 0.3) is 0 Å². The van der Waals surface area contributed by atoms with E-state index in [1.165, 1.54) is 6.07 Å². The number of halogens is 3. The zero-order valence-electron chi connectivity index (χ0n) is 12.7.